The molecule has 1 aliphatic heterocycles. The summed E-state index contributed by atoms with van der Waals surface area (Å²) in [6.07, 6.45) is 1.37. The Morgan fingerprint density at radius 3 is 2.18 bits per heavy atom. The second kappa shape index (κ2) is 7.32. The molecule has 0 saturated heterocycles. The molecule has 4 rings (SSSR count). The van der Waals surface area contributed by atoms with E-state index in [-0.39, 0.29) is 16.6 Å². The normalized spacial score (nSPS) is 13.4. The topological polar surface area (TPSA) is 69.7 Å². The zero-order valence-corrected chi connectivity index (χ0v) is 15.6. The van der Waals surface area contributed by atoms with Crippen LogP contribution < -0.4 is 9.47 Å². The first-order chi connectivity index (χ1) is 13.6. The van der Waals surface area contributed by atoms with E-state index >= 15 is 0 Å². The third-order valence-corrected chi connectivity index (χ3v) is 6.07. The average molecular weight is 392 g/mol. The van der Waals surface area contributed by atoms with Crippen LogP contribution in [0, 0.1) is 0 Å². The summed E-state index contributed by atoms with van der Waals surface area (Å²) in [5.74, 6) is 0.526. The van der Waals surface area contributed by atoms with Gasteiger partial charge in [-0.25, -0.2) is 8.42 Å². The van der Waals surface area contributed by atoms with E-state index in [0.29, 0.717) is 22.6 Å². The predicted molar refractivity (Wildman–Crippen MR) is 105 cm³/mol. The minimum Gasteiger partial charge on any atom is -0.454 e. The molecule has 3 aromatic rings. The molecule has 0 amide bonds. The lowest BCUT2D eigenvalue weighted by Crippen LogP contribution is -2.14. The van der Waals surface area contributed by atoms with E-state index in [4.69, 9.17) is 9.47 Å². The monoisotopic (exact) mass is 392 g/mol. The highest BCUT2D eigenvalue weighted by atomic mass is 32.2. The number of rotatable bonds is 5. The van der Waals surface area contributed by atoms with Gasteiger partial charge in [0.2, 0.25) is 22.4 Å². The molecule has 0 spiro atoms. The summed E-state index contributed by atoms with van der Waals surface area (Å²) in [6.45, 7) is 0.112. The van der Waals surface area contributed by atoms with E-state index in [0.717, 1.165) is 0 Å². The Morgan fingerprint density at radius 2 is 1.46 bits per heavy atom. The van der Waals surface area contributed by atoms with Gasteiger partial charge in [-0.15, -0.1) is 0 Å². The van der Waals surface area contributed by atoms with Gasteiger partial charge in [-0.2, -0.15) is 0 Å². The third kappa shape index (κ3) is 3.42. The van der Waals surface area contributed by atoms with Crippen molar-refractivity contribution in [3.8, 4) is 11.5 Å². The van der Waals surface area contributed by atoms with Crippen LogP contribution in [0.15, 0.2) is 88.7 Å². The van der Waals surface area contributed by atoms with Crippen LogP contribution in [0.4, 0.5) is 0 Å². The fourth-order valence-electron chi connectivity index (χ4n) is 2.88. The van der Waals surface area contributed by atoms with E-state index in [2.05, 4.69) is 0 Å². The van der Waals surface area contributed by atoms with Gasteiger partial charge >= 0.3 is 0 Å². The largest absolute Gasteiger partial charge is 0.454 e. The van der Waals surface area contributed by atoms with Crippen LogP contribution in [0.2, 0.25) is 0 Å². The molecule has 0 radical (unpaired) electrons. The quantitative estimate of drug-likeness (QED) is 0.483. The number of hydrogen-bond acceptors (Lipinski definition) is 5. The molecule has 6 heteroatoms. The number of Topliss-reactive ketones (excluding diaryl/α,β-unsaturated/α-hetero) is 1. The molecule has 0 aromatic heterocycles. The molecule has 3 aromatic carbocycles. The van der Waals surface area contributed by atoms with Gasteiger partial charge in [0.15, 0.2) is 11.5 Å². The van der Waals surface area contributed by atoms with Gasteiger partial charge < -0.3 is 9.47 Å². The lowest BCUT2D eigenvalue weighted by atomic mass is 10.1. The highest BCUT2D eigenvalue weighted by Crippen LogP contribution is 2.34. The molecule has 0 aliphatic carbocycles. The van der Waals surface area contributed by atoms with Crippen LogP contribution in [0.1, 0.15) is 15.9 Å². The van der Waals surface area contributed by atoms with E-state index in [1.165, 1.54) is 18.2 Å². The summed E-state index contributed by atoms with van der Waals surface area (Å²) >= 11 is 0. The maximum absolute atomic E-state index is 13.2. The number of sulfone groups is 1. The summed E-state index contributed by atoms with van der Waals surface area (Å²) in [6, 6.07) is 21.3. The average Bonchev–Trinajstić information content (AvgIpc) is 3.20. The van der Waals surface area contributed by atoms with Gasteiger partial charge in [0.25, 0.3) is 0 Å². The minimum absolute atomic E-state index is 0.0614. The molecule has 0 N–H and O–H groups in total. The van der Waals surface area contributed by atoms with Crippen LogP contribution >= 0.6 is 0 Å². The van der Waals surface area contributed by atoms with Crippen molar-refractivity contribution in [3.63, 3.8) is 0 Å². The lowest BCUT2D eigenvalue weighted by molar-refractivity contribution is 0.104. The first-order valence-electron chi connectivity index (χ1n) is 8.57. The zero-order valence-electron chi connectivity index (χ0n) is 14.7. The number of ketones is 1. The Balaban J connectivity index is 1.85. The fraction of sp³-hybridized carbons (Fsp3) is 0.0455. The Bertz CT molecular complexity index is 1150. The van der Waals surface area contributed by atoms with Gasteiger partial charge in [-0.05, 0) is 35.9 Å². The van der Waals surface area contributed by atoms with Crippen molar-refractivity contribution in [2.75, 3.05) is 6.79 Å². The molecule has 0 fully saturated rings. The summed E-state index contributed by atoms with van der Waals surface area (Å²) in [4.78, 5) is 12.9. The van der Waals surface area contributed by atoms with E-state index < -0.39 is 15.6 Å². The van der Waals surface area contributed by atoms with E-state index in [1.807, 2.05) is 0 Å². The molecule has 5 nitrogen and oxygen atoms in total. The van der Waals surface area contributed by atoms with Gasteiger partial charge in [0.05, 0.1) is 4.90 Å². The molecule has 0 atom stereocenters. The lowest BCUT2D eigenvalue weighted by Gasteiger charge is -2.09. The first kappa shape index (κ1) is 18.0. The smallest absolute Gasteiger partial charge is 0.231 e. The maximum atomic E-state index is 13.2. The molecular formula is C22H16O5S. The maximum Gasteiger partial charge on any atom is 0.231 e. The molecule has 140 valence electrons. The number of carbonyl (C=O) groups is 1. The standard InChI is InChI=1S/C22H16O5S/c23-22(17-7-3-1-4-8-17)21(28(24,25)18-9-5-2-6-10-18)14-16-11-12-19-20(13-16)27-15-26-19/h1-14H,15H2/b21-14+. The van der Waals surface area contributed by atoms with Crippen molar-refractivity contribution < 1.29 is 22.7 Å². The van der Waals surface area contributed by atoms with Crippen LogP contribution in [-0.4, -0.2) is 21.0 Å². The Morgan fingerprint density at radius 1 is 0.821 bits per heavy atom. The summed E-state index contributed by atoms with van der Waals surface area (Å²) in [7, 11) is -4.02. The van der Waals surface area contributed by atoms with Crippen molar-refractivity contribution in [2.24, 2.45) is 0 Å². The van der Waals surface area contributed by atoms with Crippen molar-refractivity contribution in [1.82, 2.24) is 0 Å². The second-order valence-electron chi connectivity index (χ2n) is 6.13. The number of fused-ring (bicyclic) bond motifs is 1. The van der Waals surface area contributed by atoms with E-state index in [9.17, 15) is 13.2 Å². The third-order valence-electron chi connectivity index (χ3n) is 4.30. The SMILES string of the molecule is O=C(/C(=C\c1ccc2c(c1)OCO2)S(=O)(=O)c1ccccc1)c1ccccc1. The van der Waals surface area contributed by atoms with Crippen molar-refractivity contribution >= 4 is 21.7 Å². The van der Waals surface area contributed by atoms with Gasteiger partial charge in [0, 0.05) is 5.56 Å². The fourth-order valence-corrected chi connectivity index (χ4v) is 4.30. The van der Waals surface area contributed by atoms with E-state index in [1.54, 1.807) is 66.7 Å². The minimum atomic E-state index is -4.02. The number of hydrogen-bond donors (Lipinski definition) is 0. The second-order valence-corrected chi connectivity index (χ2v) is 8.05. The van der Waals surface area contributed by atoms with Crippen LogP contribution in [0.25, 0.3) is 6.08 Å². The summed E-state index contributed by atoms with van der Waals surface area (Å²) in [5.41, 5.74) is 0.831. The highest BCUT2D eigenvalue weighted by molar-refractivity contribution is 7.96. The van der Waals surface area contributed by atoms with Crippen molar-refractivity contribution in [3.05, 3.63) is 94.9 Å². The number of carbonyl (C=O) groups excluding carboxylic acids is 1. The first-order valence-corrected chi connectivity index (χ1v) is 10.1. The predicted octanol–water partition coefficient (Wildman–Crippen LogP) is 4.11. The van der Waals surface area contributed by atoms with Gasteiger partial charge in [-0.1, -0.05) is 54.6 Å². The molecule has 0 saturated carbocycles. The molecule has 0 bridgehead atoms. The van der Waals surface area contributed by atoms with Crippen LogP contribution in [0.3, 0.4) is 0 Å². The zero-order chi connectivity index (χ0) is 19.6. The molecule has 1 aliphatic rings. The number of allylic oxidation sites excluding steroid dienone is 1. The molecule has 0 unspecified atom stereocenters. The summed E-state index contributed by atoms with van der Waals surface area (Å²) in [5, 5.41) is 0. The number of ether oxygens (including phenoxy) is 2. The highest BCUT2D eigenvalue weighted by Gasteiger charge is 2.28. The molecular weight excluding hydrogens is 376 g/mol. The summed E-state index contributed by atoms with van der Waals surface area (Å²) < 4.78 is 37.1. The molecule has 28 heavy (non-hydrogen) atoms. The Kier molecular flexibility index (Phi) is 4.71. The van der Waals surface area contributed by atoms with Crippen molar-refractivity contribution in [1.29, 1.82) is 0 Å². The Hall–Kier alpha value is -3.38. The number of benzene rings is 3. The van der Waals surface area contributed by atoms with Crippen molar-refractivity contribution in [2.45, 2.75) is 4.90 Å². The van der Waals surface area contributed by atoms with Gasteiger partial charge in [0.1, 0.15) is 4.91 Å². The molecule has 1 heterocycles. The van der Waals surface area contributed by atoms with Crippen LogP contribution in [-0.2, 0) is 9.84 Å². The Labute approximate surface area is 162 Å². The van der Waals surface area contributed by atoms with Crippen LogP contribution in [0.5, 0.6) is 11.5 Å². The van der Waals surface area contributed by atoms with Gasteiger partial charge in [-0.3, -0.25) is 4.79 Å².